The summed E-state index contributed by atoms with van der Waals surface area (Å²) >= 11 is 6.56. The van der Waals surface area contributed by atoms with Crippen LogP contribution in [0.15, 0.2) is 54.6 Å². The fraction of sp³-hybridized carbons (Fsp3) is 0.286. The van der Waals surface area contributed by atoms with Gasteiger partial charge in [0.15, 0.2) is 17.2 Å². The van der Waals surface area contributed by atoms with Gasteiger partial charge < -0.3 is 20.1 Å². The van der Waals surface area contributed by atoms with E-state index in [9.17, 15) is 14.0 Å². The van der Waals surface area contributed by atoms with Crippen LogP contribution in [0.1, 0.15) is 42.3 Å². The summed E-state index contributed by atoms with van der Waals surface area (Å²) in [6.07, 6.45) is -0.472. The molecule has 1 aliphatic rings. The molecule has 0 aliphatic carbocycles. The third-order valence-electron chi connectivity index (χ3n) is 6.02. The van der Waals surface area contributed by atoms with Gasteiger partial charge in [0.25, 0.3) is 5.91 Å². The summed E-state index contributed by atoms with van der Waals surface area (Å²) in [4.78, 5) is 25.1. The van der Waals surface area contributed by atoms with Crippen LogP contribution in [0.3, 0.4) is 0 Å². The number of fused-ring (bicyclic) bond motifs is 1. The Morgan fingerprint density at radius 1 is 1.05 bits per heavy atom. The number of amides is 2. The molecule has 37 heavy (non-hydrogen) atoms. The third-order valence-corrected chi connectivity index (χ3v) is 6.34. The van der Waals surface area contributed by atoms with Crippen molar-refractivity contribution in [2.24, 2.45) is 0 Å². The molecule has 0 radical (unpaired) electrons. The molecule has 9 heteroatoms. The molecule has 2 amide bonds. The molecular weight excluding hydrogens is 502 g/mol. The van der Waals surface area contributed by atoms with Crippen LogP contribution in [-0.2, 0) is 16.8 Å². The van der Waals surface area contributed by atoms with Crippen LogP contribution >= 0.6 is 11.6 Å². The van der Waals surface area contributed by atoms with Crippen LogP contribution < -0.4 is 15.4 Å². The van der Waals surface area contributed by atoms with E-state index in [-0.39, 0.29) is 34.7 Å². The molecule has 2 N–H and O–H groups in total. The Morgan fingerprint density at radius 2 is 1.76 bits per heavy atom. The van der Waals surface area contributed by atoms with E-state index < -0.39 is 34.8 Å². The Morgan fingerprint density at radius 3 is 2.41 bits per heavy atom. The molecule has 0 fully saturated rings. The van der Waals surface area contributed by atoms with Gasteiger partial charge in [-0.05, 0) is 50.6 Å². The minimum absolute atomic E-state index is 0.0194. The first-order valence-electron chi connectivity index (χ1n) is 11.7. The van der Waals surface area contributed by atoms with E-state index in [1.54, 1.807) is 26.8 Å². The Bertz CT molecular complexity index is 1360. The topological polar surface area (TPSA) is 76.7 Å². The Kier molecular flexibility index (Phi) is 7.15. The lowest BCUT2D eigenvalue weighted by Gasteiger charge is -2.30. The van der Waals surface area contributed by atoms with Crippen molar-refractivity contribution >= 4 is 23.6 Å². The van der Waals surface area contributed by atoms with Gasteiger partial charge in [-0.2, -0.15) is 0 Å². The van der Waals surface area contributed by atoms with Crippen LogP contribution in [-0.4, -0.2) is 31.2 Å². The summed E-state index contributed by atoms with van der Waals surface area (Å²) in [7, 11) is 1.40. The zero-order chi connectivity index (χ0) is 27.0. The quantitative estimate of drug-likeness (QED) is 0.426. The molecule has 194 valence electrons. The van der Waals surface area contributed by atoms with E-state index in [1.807, 2.05) is 30.3 Å². The second-order valence-electron chi connectivity index (χ2n) is 9.76. The predicted molar refractivity (Wildman–Crippen MR) is 137 cm³/mol. The minimum atomic E-state index is -1.19. The fourth-order valence-electron chi connectivity index (χ4n) is 4.43. The summed E-state index contributed by atoms with van der Waals surface area (Å²) in [5, 5.41) is 5.35. The number of rotatable bonds is 5. The van der Waals surface area contributed by atoms with Gasteiger partial charge in [-0.1, -0.05) is 41.9 Å². The first-order valence-corrected chi connectivity index (χ1v) is 12.1. The van der Waals surface area contributed by atoms with E-state index in [1.165, 1.54) is 19.2 Å². The van der Waals surface area contributed by atoms with Gasteiger partial charge in [0.05, 0.1) is 12.1 Å². The number of carbonyl (C=O) groups excluding carboxylic acids is 2. The molecule has 6 nitrogen and oxygen atoms in total. The molecule has 0 saturated carbocycles. The van der Waals surface area contributed by atoms with Gasteiger partial charge in [0, 0.05) is 35.2 Å². The normalized spacial score (nSPS) is 16.5. The lowest BCUT2D eigenvalue weighted by atomic mass is 9.85. The molecule has 1 atom stereocenters. The molecule has 1 heterocycles. The second kappa shape index (κ2) is 10.0. The molecule has 3 aromatic carbocycles. The van der Waals surface area contributed by atoms with E-state index in [2.05, 4.69) is 10.6 Å². The molecule has 1 aliphatic heterocycles. The molecular formula is C28H27ClF2N2O4. The molecule has 4 rings (SSSR count). The van der Waals surface area contributed by atoms with Crippen molar-refractivity contribution in [3.8, 4) is 16.9 Å². The highest BCUT2D eigenvalue weighted by atomic mass is 35.5. The van der Waals surface area contributed by atoms with Gasteiger partial charge in [-0.15, -0.1) is 0 Å². The average Bonchev–Trinajstić information content (AvgIpc) is 3.24. The first kappa shape index (κ1) is 26.4. The molecule has 0 aromatic heterocycles. The second-order valence-corrected chi connectivity index (χ2v) is 10.2. The molecule has 1 unspecified atom stereocenters. The van der Waals surface area contributed by atoms with Gasteiger partial charge in [0.1, 0.15) is 11.4 Å². The van der Waals surface area contributed by atoms with E-state index in [0.29, 0.717) is 11.3 Å². The number of hydrogen-bond acceptors (Lipinski definition) is 4. The number of nitrogens with one attached hydrogen (secondary N) is 2. The third kappa shape index (κ3) is 5.25. The van der Waals surface area contributed by atoms with Crippen molar-refractivity contribution in [2.75, 3.05) is 13.6 Å². The summed E-state index contributed by atoms with van der Waals surface area (Å²) in [5.74, 6) is -2.53. The molecule has 0 bridgehead atoms. The SMILES string of the molecule is CNC(=O)c1ccc(F)c(F)c1-c1c(Cl)ccc2c1CC(CNC(=O)OC(C)(C)C)(c1ccccc1)O2. The van der Waals surface area contributed by atoms with Crippen molar-refractivity contribution < 1.29 is 27.8 Å². The zero-order valence-electron chi connectivity index (χ0n) is 20.9. The number of ether oxygens (including phenoxy) is 2. The molecule has 0 spiro atoms. The number of carbonyl (C=O) groups is 2. The number of hydrogen-bond donors (Lipinski definition) is 2. The number of alkyl carbamates (subject to hydrolysis) is 1. The van der Waals surface area contributed by atoms with Crippen LogP contribution in [0.2, 0.25) is 5.02 Å². The van der Waals surface area contributed by atoms with Gasteiger partial charge in [-0.25, -0.2) is 13.6 Å². The maximum Gasteiger partial charge on any atom is 0.407 e. The highest BCUT2D eigenvalue weighted by Gasteiger charge is 2.44. The van der Waals surface area contributed by atoms with Crippen molar-refractivity contribution in [3.05, 3.63) is 87.9 Å². The van der Waals surface area contributed by atoms with E-state index in [4.69, 9.17) is 21.1 Å². The predicted octanol–water partition coefficient (Wildman–Crippen LogP) is 6.00. The van der Waals surface area contributed by atoms with E-state index in [0.717, 1.165) is 11.6 Å². The molecule has 3 aromatic rings. The molecule has 0 saturated heterocycles. The van der Waals surface area contributed by atoms with Gasteiger partial charge >= 0.3 is 6.09 Å². The summed E-state index contributed by atoms with van der Waals surface area (Å²) in [6.45, 7) is 5.29. The number of halogens is 3. The van der Waals surface area contributed by atoms with Crippen LogP contribution in [0.5, 0.6) is 5.75 Å². The summed E-state index contributed by atoms with van der Waals surface area (Å²) < 4.78 is 41.5. The summed E-state index contributed by atoms with van der Waals surface area (Å²) in [5.41, 5.74) is -0.737. The van der Waals surface area contributed by atoms with E-state index >= 15 is 4.39 Å². The van der Waals surface area contributed by atoms with Crippen molar-refractivity contribution in [1.82, 2.24) is 10.6 Å². The number of benzene rings is 3. The summed E-state index contributed by atoms with van der Waals surface area (Å²) in [6, 6.07) is 14.5. The Balaban J connectivity index is 1.84. The maximum absolute atomic E-state index is 15.3. The van der Waals surface area contributed by atoms with Crippen LogP contribution in [0.25, 0.3) is 11.1 Å². The van der Waals surface area contributed by atoms with Crippen LogP contribution in [0, 0.1) is 11.6 Å². The highest BCUT2D eigenvalue weighted by Crippen LogP contribution is 2.49. The Labute approximate surface area is 218 Å². The lowest BCUT2D eigenvalue weighted by Crippen LogP contribution is -2.45. The monoisotopic (exact) mass is 528 g/mol. The Hall–Kier alpha value is -3.65. The highest BCUT2D eigenvalue weighted by molar-refractivity contribution is 6.34. The van der Waals surface area contributed by atoms with Gasteiger partial charge in [0.2, 0.25) is 0 Å². The minimum Gasteiger partial charge on any atom is -0.480 e. The fourth-order valence-corrected chi connectivity index (χ4v) is 4.70. The standard InChI is InChI=1S/C28H27ClF2N2O4/c1-27(2,3)37-26(35)33-15-28(16-8-6-5-7-9-16)14-18-21(36-28)13-11-19(29)22(18)23-17(25(34)32-4)10-12-20(30)24(23)31/h5-13H,14-15H2,1-4H3,(H,32,34)(H,33,35). The van der Waals surface area contributed by atoms with Crippen LogP contribution in [0.4, 0.5) is 13.6 Å². The maximum atomic E-state index is 15.3. The largest absolute Gasteiger partial charge is 0.480 e. The lowest BCUT2D eigenvalue weighted by molar-refractivity contribution is 0.0415. The zero-order valence-corrected chi connectivity index (χ0v) is 21.6. The van der Waals surface area contributed by atoms with Crippen molar-refractivity contribution in [1.29, 1.82) is 0 Å². The smallest absolute Gasteiger partial charge is 0.407 e. The first-order chi connectivity index (χ1) is 17.5. The van der Waals surface area contributed by atoms with Crippen molar-refractivity contribution in [2.45, 2.75) is 38.4 Å². The average molecular weight is 529 g/mol. The van der Waals surface area contributed by atoms with Crippen molar-refractivity contribution in [3.63, 3.8) is 0 Å². The van der Waals surface area contributed by atoms with Gasteiger partial charge in [-0.3, -0.25) is 4.79 Å².